The Bertz CT molecular complexity index is 680. The van der Waals surface area contributed by atoms with Crippen LogP contribution in [0.25, 0.3) is 0 Å². The van der Waals surface area contributed by atoms with E-state index in [4.69, 9.17) is 5.73 Å². The van der Waals surface area contributed by atoms with Crippen LogP contribution in [-0.4, -0.2) is 47.2 Å². The number of halogens is 1. The largest absolute Gasteiger partial charge is 0.353 e. The highest BCUT2D eigenvalue weighted by molar-refractivity contribution is 5.85. The van der Waals surface area contributed by atoms with Gasteiger partial charge >= 0.3 is 0 Å². The number of anilines is 1. The Kier molecular flexibility index (Phi) is 6.73. The molecule has 25 heavy (non-hydrogen) atoms. The summed E-state index contributed by atoms with van der Waals surface area (Å²) in [7, 11) is 0. The molecule has 1 aromatic heterocycles. The van der Waals surface area contributed by atoms with Gasteiger partial charge in [-0.2, -0.15) is 5.10 Å². The number of nitrogens with zero attached hydrogens (tertiary/aromatic N) is 4. The fraction of sp³-hybridized carbons (Fsp3) is 0.389. The molecule has 1 aromatic carbocycles. The van der Waals surface area contributed by atoms with Gasteiger partial charge < -0.3 is 15.5 Å². The predicted molar refractivity (Wildman–Crippen MR) is 101 cm³/mol. The predicted octanol–water partition coefficient (Wildman–Crippen LogP) is 1.95. The van der Waals surface area contributed by atoms with Crippen LogP contribution in [0.2, 0.25) is 0 Å². The lowest BCUT2D eigenvalue weighted by Gasteiger charge is -2.25. The highest BCUT2D eigenvalue weighted by Gasteiger charge is 2.25. The fourth-order valence-electron chi connectivity index (χ4n) is 2.94. The molecular weight excluding hydrogens is 338 g/mol. The summed E-state index contributed by atoms with van der Waals surface area (Å²) in [4.78, 5) is 16.8. The highest BCUT2D eigenvalue weighted by atomic mass is 35.5. The summed E-state index contributed by atoms with van der Waals surface area (Å²) in [6, 6.07) is 11.1. The first-order valence-electron chi connectivity index (χ1n) is 8.29. The van der Waals surface area contributed by atoms with Crippen molar-refractivity contribution in [2.24, 2.45) is 5.73 Å². The normalized spacial score (nSPS) is 15.9. The van der Waals surface area contributed by atoms with Crippen molar-refractivity contribution < 1.29 is 4.79 Å². The second-order valence-corrected chi connectivity index (χ2v) is 6.14. The van der Waals surface area contributed by atoms with Crippen molar-refractivity contribution in [3.05, 3.63) is 53.7 Å². The molecule has 2 aromatic rings. The van der Waals surface area contributed by atoms with Crippen LogP contribution in [0.5, 0.6) is 0 Å². The monoisotopic (exact) mass is 361 g/mol. The van der Waals surface area contributed by atoms with Gasteiger partial charge in [0, 0.05) is 32.4 Å². The first kappa shape index (κ1) is 19.1. The highest BCUT2D eigenvalue weighted by Crippen LogP contribution is 2.17. The van der Waals surface area contributed by atoms with Gasteiger partial charge in [0.1, 0.15) is 6.04 Å². The fourth-order valence-corrected chi connectivity index (χ4v) is 2.94. The van der Waals surface area contributed by atoms with Gasteiger partial charge in [-0.25, -0.2) is 0 Å². The Labute approximate surface area is 154 Å². The van der Waals surface area contributed by atoms with E-state index in [0.29, 0.717) is 6.54 Å². The van der Waals surface area contributed by atoms with Crippen LogP contribution < -0.4 is 10.6 Å². The molecule has 0 aliphatic carbocycles. The van der Waals surface area contributed by atoms with Gasteiger partial charge in [-0.1, -0.05) is 29.8 Å². The van der Waals surface area contributed by atoms with Crippen molar-refractivity contribution in [3.63, 3.8) is 0 Å². The average molecular weight is 362 g/mol. The van der Waals surface area contributed by atoms with E-state index in [2.05, 4.69) is 15.1 Å². The van der Waals surface area contributed by atoms with Crippen LogP contribution in [-0.2, 0) is 4.79 Å². The summed E-state index contributed by atoms with van der Waals surface area (Å²) in [5.41, 5.74) is 8.21. The summed E-state index contributed by atoms with van der Waals surface area (Å²) in [5.74, 6) is 0.842. The number of aromatic nitrogens is 2. The third-order valence-corrected chi connectivity index (χ3v) is 4.39. The third kappa shape index (κ3) is 4.67. The van der Waals surface area contributed by atoms with Crippen LogP contribution in [0.15, 0.2) is 42.6 Å². The minimum atomic E-state index is -0.603. The Morgan fingerprint density at radius 2 is 1.88 bits per heavy atom. The molecule has 1 aliphatic heterocycles. The summed E-state index contributed by atoms with van der Waals surface area (Å²) >= 11 is 0. The zero-order valence-corrected chi connectivity index (χ0v) is 15.2. The van der Waals surface area contributed by atoms with E-state index in [1.165, 1.54) is 0 Å². The summed E-state index contributed by atoms with van der Waals surface area (Å²) in [6.45, 7) is 4.99. The Morgan fingerprint density at radius 3 is 2.56 bits per heavy atom. The number of rotatable bonds is 3. The lowest BCUT2D eigenvalue weighted by atomic mass is 10.0. The second kappa shape index (κ2) is 8.78. The first-order chi connectivity index (χ1) is 11.6. The van der Waals surface area contributed by atoms with Crippen LogP contribution in [0.3, 0.4) is 0 Å². The maximum Gasteiger partial charge on any atom is 0.244 e. The zero-order valence-electron chi connectivity index (χ0n) is 14.3. The van der Waals surface area contributed by atoms with Crippen LogP contribution in [0.4, 0.5) is 5.82 Å². The third-order valence-electron chi connectivity index (χ3n) is 4.39. The van der Waals surface area contributed by atoms with Gasteiger partial charge in [-0.05, 0) is 31.0 Å². The van der Waals surface area contributed by atoms with Crippen molar-refractivity contribution >= 4 is 24.1 Å². The molecule has 1 unspecified atom stereocenters. The van der Waals surface area contributed by atoms with E-state index in [1.54, 1.807) is 6.20 Å². The maximum absolute atomic E-state index is 12.7. The van der Waals surface area contributed by atoms with Crippen molar-refractivity contribution in [3.8, 4) is 0 Å². The number of hydrogen-bond donors (Lipinski definition) is 1. The molecule has 3 rings (SSSR count). The van der Waals surface area contributed by atoms with E-state index in [9.17, 15) is 4.79 Å². The molecule has 0 radical (unpaired) electrons. The summed E-state index contributed by atoms with van der Waals surface area (Å²) in [5, 5.41) is 8.08. The minimum absolute atomic E-state index is 0. The second-order valence-electron chi connectivity index (χ2n) is 6.14. The van der Waals surface area contributed by atoms with Gasteiger partial charge in [0.05, 0.1) is 0 Å². The zero-order chi connectivity index (χ0) is 16.9. The molecule has 0 spiro atoms. The number of amides is 1. The number of benzene rings is 1. The molecule has 1 saturated heterocycles. The van der Waals surface area contributed by atoms with Crippen LogP contribution in [0, 0.1) is 6.92 Å². The molecule has 1 aliphatic rings. The Balaban J connectivity index is 0.00000225. The lowest BCUT2D eigenvalue weighted by Crippen LogP contribution is -2.40. The lowest BCUT2D eigenvalue weighted by molar-refractivity contribution is -0.132. The van der Waals surface area contributed by atoms with E-state index in [-0.39, 0.29) is 18.3 Å². The standard InChI is InChI=1S/C18H23N5O.ClH/c1-14-5-7-15(8-6-14)17(19)18(24)23-11-3-10-22(12-13-23)16-4-2-9-20-21-16;/h2,4-9,17H,3,10-13,19H2,1H3;1H. The molecule has 2 heterocycles. The minimum Gasteiger partial charge on any atom is -0.353 e. The molecular formula is C18H24ClN5O. The topological polar surface area (TPSA) is 75.4 Å². The molecule has 134 valence electrons. The van der Waals surface area contributed by atoms with Crippen LogP contribution >= 0.6 is 12.4 Å². The average Bonchev–Trinajstić information content (AvgIpc) is 2.88. The van der Waals surface area contributed by atoms with Crippen molar-refractivity contribution in [1.29, 1.82) is 0 Å². The van der Waals surface area contributed by atoms with Gasteiger partial charge in [-0.15, -0.1) is 17.5 Å². The number of aryl methyl sites for hydroxylation is 1. The number of hydrogen-bond acceptors (Lipinski definition) is 5. The molecule has 1 amide bonds. The molecule has 0 bridgehead atoms. The van der Waals surface area contributed by atoms with Crippen molar-refractivity contribution in [2.75, 3.05) is 31.1 Å². The smallest absolute Gasteiger partial charge is 0.244 e. The van der Waals surface area contributed by atoms with E-state index >= 15 is 0 Å². The summed E-state index contributed by atoms with van der Waals surface area (Å²) < 4.78 is 0. The van der Waals surface area contributed by atoms with Gasteiger partial charge in [0.2, 0.25) is 5.91 Å². The van der Waals surface area contributed by atoms with E-state index < -0.39 is 6.04 Å². The van der Waals surface area contributed by atoms with Gasteiger partial charge in [-0.3, -0.25) is 4.79 Å². The Hall–Kier alpha value is -2.18. The SMILES string of the molecule is Cc1ccc(C(N)C(=O)N2CCCN(c3cccnn3)CC2)cc1.Cl. The Morgan fingerprint density at radius 1 is 1.12 bits per heavy atom. The quantitative estimate of drug-likeness (QED) is 0.904. The van der Waals surface area contributed by atoms with Gasteiger partial charge in [0.25, 0.3) is 0 Å². The van der Waals surface area contributed by atoms with Crippen molar-refractivity contribution in [2.45, 2.75) is 19.4 Å². The molecule has 2 N–H and O–H groups in total. The maximum atomic E-state index is 12.7. The van der Waals surface area contributed by atoms with Gasteiger partial charge in [0.15, 0.2) is 5.82 Å². The molecule has 1 fully saturated rings. The van der Waals surface area contributed by atoms with Crippen molar-refractivity contribution in [1.82, 2.24) is 15.1 Å². The number of nitrogens with two attached hydrogens (primary N) is 1. The first-order valence-corrected chi connectivity index (χ1v) is 8.29. The molecule has 6 nitrogen and oxygen atoms in total. The number of carbonyl (C=O) groups excluding carboxylic acids is 1. The van der Waals surface area contributed by atoms with E-state index in [1.807, 2.05) is 48.2 Å². The number of carbonyl (C=O) groups is 1. The molecule has 1 atom stereocenters. The van der Waals surface area contributed by atoms with E-state index in [0.717, 1.165) is 43.0 Å². The molecule has 0 saturated carbocycles. The summed E-state index contributed by atoms with van der Waals surface area (Å²) in [6.07, 6.45) is 2.56. The molecule has 7 heteroatoms. The van der Waals surface area contributed by atoms with Crippen LogP contribution in [0.1, 0.15) is 23.6 Å².